The van der Waals surface area contributed by atoms with Crippen LogP contribution < -0.4 is 20.1 Å². The molecule has 0 unspecified atom stereocenters. The Morgan fingerprint density at radius 2 is 1.76 bits per heavy atom. The number of nitrogens with two attached hydrogens (primary N) is 1. The summed E-state index contributed by atoms with van der Waals surface area (Å²) in [5.41, 5.74) is 1.41. The maximum atomic E-state index is 12.7. The predicted molar refractivity (Wildman–Crippen MR) is 108 cm³/mol. The van der Waals surface area contributed by atoms with Crippen molar-refractivity contribution in [3.05, 3.63) is 54.1 Å². The number of nitrogens with zero attached hydrogens (tertiary/aromatic N) is 1. The Kier molecular flexibility index (Phi) is 6.31. The molecule has 3 rings (SSSR count). The lowest BCUT2D eigenvalue weighted by atomic mass is 10.1. The van der Waals surface area contributed by atoms with Crippen LogP contribution in [0.1, 0.15) is 18.9 Å². The number of carbonyl (C=O) groups excluding carboxylic acids is 2. The van der Waals surface area contributed by atoms with E-state index in [2.05, 4.69) is 5.32 Å². The lowest BCUT2D eigenvalue weighted by Gasteiger charge is -2.16. The normalized spacial score (nSPS) is 17.0. The minimum Gasteiger partial charge on any atom is -0.494 e. The Labute approximate surface area is 169 Å². The van der Waals surface area contributed by atoms with E-state index in [4.69, 9.17) is 9.88 Å². The molecule has 1 aliphatic rings. The summed E-state index contributed by atoms with van der Waals surface area (Å²) in [4.78, 5) is 26.2. The summed E-state index contributed by atoms with van der Waals surface area (Å²) in [5, 5.41) is 8.19. The number of benzene rings is 2. The van der Waals surface area contributed by atoms with Crippen LogP contribution in [0.4, 0.5) is 5.69 Å². The minimum atomic E-state index is -3.72. The summed E-state index contributed by atoms with van der Waals surface area (Å²) in [5.74, 6) is 0.136. The monoisotopic (exact) mass is 417 g/mol. The number of sulfonamides is 1. The third-order valence-electron chi connectivity index (χ3n) is 4.61. The number of hydrogen-bond donors (Lipinski definition) is 2. The van der Waals surface area contributed by atoms with Gasteiger partial charge in [-0.15, -0.1) is 0 Å². The van der Waals surface area contributed by atoms with Crippen molar-refractivity contribution >= 4 is 27.5 Å². The number of primary sulfonamides is 1. The third-order valence-corrected chi connectivity index (χ3v) is 5.54. The molecule has 3 N–H and O–H groups in total. The van der Waals surface area contributed by atoms with E-state index in [9.17, 15) is 18.0 Å². The van der Waals surface area contributed by atoms with Gasteiger partial charge >= 0.3 is 0 Å². The zero-order chi connectivity index (χ0) is 21.0. The van der Waals surface area contributed by atoms with Crippen molar-refractivity contribution < 1.29 is 22.7 Å². The summed E-state index contributed by atoms with van der Waals surface area (Å²) >= 11 is 0. The van der Waals surface area contributed by atoms with Crippen LogP contribution in [-0.2, 0) is 26.0 Å². The van der Waals surface area contributed by atoms with E-state index in [1.807, 2.05) is 6.92 Å². The van der Waals surface area contributed by atoms with E-state index in [-0.39, 0.29) is 23.1 Å². The summed E-state index contributed by atoms with van der Waals surface area (Å²) in [6.07, 6.45) is 0.669. The van der Waals surface area contributed by atoms with Gasteiger partial charge in [0.1, 0.15) is 5.75 Å². The standard InChI is InChI=1S/C20H23N3O5S/c1-2-28-16-7-5-15(6-8-16)23-19(24)13-18(20(23)25)22-12-11-14-3-9-17(10-4-14)29(21,26)27/h3-10,18,22H,2,11-13H2,1H3,(H2,21,26,27)/t18-/m1/s1. The molecule has 1 fully saturated rings. The highest BCUT2D eigenvalue weighted by molar-refractivity contribution is 7.89. The Balaban J connectivity index is 1.57. The second-order valence-electron chi connectivity index (χ2n) is 6.64. The Morgan fingerprint density at radius 3 is 2.34 bits per heavy atom. The Morgan fingerprint density at radius 1 is 1.10 bits per heavy atom. The molecule has 9 heteroatoms. The van der Waals surface area contributed by atoms with Gasteiger partial charge in [0.2, 0.25) is 15.9 Å². The van der Waals surface area contributed by atoms with E-state index >= 15 is 0 Å². The van der Waals surface area contributed by atoms with Crippen LogP contribution in [0.3, 0.4) is 0 Å². The molecule has 0 aliphatic carbocycles. The molecule has 1 atom stereocenters. The maximum absolute atomic E-state index is 12.7. The molecule has 1 heterocycles. The van der Waals surface area contributed by atoms with E-state index in [1.165, 1.54) is 17.0 Å². The van der Waals surface area contributed by atoms with Gasteiger partial charge in [-0.2, -0.15) is 0 Å². The van der Waals surface area contributed by atoms with Gasteiger partial charge in [-0.1, -0.05) is 12.1 Å². The molecule has 2 aromatic carbocycles. The summed E-state index contributed by atoms with van der Waals surface area (Å²) < 4.78 is 27.9. The molecule has 0 bridgehead atoms. The highest BCUT2D eigenvalue weighted by Crippen LogP contribution is 2.25. The van der Waals surface area contributed by atoms with Gasteiger partial charge in [0.15, 0.2) is 0 Å². The van der Waals surface area contributed by atoms with Crippen molar-refractivity contribution in [2.45, 2.75) is 30.7 Å². The topological polar surface area (TPSA) is 119 Å². The van der Waals surface area contributed by atoms with Crippen LogP contribution in [-0.4, -0.2) is 39.4 Å². The van der Waals surface area contributed by atoms with E-state index in [0.717, 1.165) is 5.56 Å². The van der Waals surface area contributed by atoms with Gasteiger partial charge in [-0.25, -0.2) is 18.5 Å². The van der Waals surface area contributed by atoms with Crippen molar-refractivity contribution in [3.63, 3.8) is 0 Å². The molecule has 2 aromatic rings. The van der Waals surface area contributed by atoms with Gasteiger partial charge in [0, 0.05) is 0 Å². The van der Waals surface area contributed by atoms with E-state index in [0.29, 0.717) is 31.0 Å². The van der Waals surface area contributed by atoms with Gasteiger partial charge in [-0.05, 0) is 61.9 Å². The first-order valence-corrected chi connectivity index (χ1v) is 10.8. The second kappa shape index (κ2) is 8.73. The van der Waals surface area contributed by atoms with Crippen molar-refractivity contribution in [3.8, 4) is 5.75 Å². The van der Waals surface area contributed by atoms with Crippen molar-refractivity contribution in [2.24, 2.45) is 5.14 Å². The molecule has 2 amide bonds. The molecule has 0 aromatic heterocycles. The number of imide groups is 1. The van der Waals surface area contributed by atoms with Gasteiger partial charge < -0.3 is 10.1 Å². The van der Waals surface area contributed by atoms with Crippen LogP contribution in [0.2, 0.25) is 0 Å². The minimum absolute atomic E-state index is 0.0526. The summed E-state index contributed by atoms with van der Waals surface area (Å²) in [7, 11) is -3.72. The van der Waals surface area contributed by atoms with Gasteiger partial charge in [0.25, 0.3) is 5.91 Å². The SMILES string of the molecule is CCOc1ccc(N2C(=O)C[C@@H](NCCc3ccc(S(N)(=O)=O)cc3)C2=O)cc1. The number of hydrogen-bond acceptors (Lipinski definition) is 6. The lowest BCUT2D eigenvalue weighted by Crippen LogP contribution is -2.39. The number of ether oxygens (including phenoxy) is 1. The summed E-state index contributed by atoms with van der Waals surface area (Å²) in [6.45, 7) is 2.89. The number of rotatable bonds is 8. The molecule has 0 radical (unpaired) electrons. The molecule has 154 valence electrons. The fraction of sp³-hybridized carbons (Fsp3) is 0.300. The molecule has 1 saturated heterocycles. The van der Waals surface area contributed by atoms with Crippen molar-refractivity contribution in [1.29, 1.82) is 0 Å². The van der Waals surface area contributed by atoms with Crippen molar-refractivity contribution in [2.75, 3.05) is 18.1 Å². The molecule has 0 saturated carbocycles. The Hall–Kier alpha value is -2.75. The van der Waals surface area contributed by atoms with Crippen LogP contribution in [0.25, 0.3) is 0 Å². The third kappa shape index (κ3) is 5.00. The van der Waals surface area contributed by atoms with Gasteiger partial charge in [0.05, 0.1) is 29.7 Å². The zero-order valence-electron chi connectivity index (χ0n) is 16.0. The van der Waals surface area contributed by atoms with E-state index < -0.39 is 16.1 Å². The molecule has 8 nitrogen and oxygen atoms in total. The van der Waals surface area contributed by atoms with Crippen LogP contribution in [0, 0.1) is 0 Å². The predicted octanol–water partition coefficient (Wildman–Crippen LogP) is 1.20. The molecule has 1 aliphatic heterocycles. The van der Waals surface area contributed by atoms with Crippen LogP contribution >= 0.6 is 0 Å². The van der Waals surface area contributed by atoms with Crippen LogP contribution in [0.5, 0.6) is 5.75 Å². The van der Waals surface area contributed by atoms with Crippen molar-refractivity contribution in [1.82, 2.24) is 5.32 Å². The number of amides is 2. The number of anilines is 1. The molecular weight excluding hydrogens is 394 g/mol. The molecule has 0 spiro atoms. The lowest BCUT2D eigenvalue weighted by molar-refractivity contribution is -0.121. The largest absolute Gasteiger partial charge is 0.494 e. The first kappa shape index (κ1) is 21.0. The highest BCUT2D eigenvalue weighted by atomic mass is 32.2. The van der Waals surface area contributed by atoms with Crippen LogP contribution in [0.15, 0.2) is 53.4 Å². The first-order chi connectivity index (χ1) is 13.8. The molecule has 29 heavy (non-hydrogen) atoms. The zero-order valence-corrected chi connectivity index (χ0v) is 16.8. The highest BCUT2D eigenvalue weighted by Gasteiger charge is 2.39. The first-order valence-electron chi connectivity index (χ1n) is 9.24. The average molecular weight is 417 g/mol. The second-order valence-corrected chi connectivity index (χ2v) is 8.21. The average Bonchev–Trinajstić information content (AvgIpc) is 2.96. The number of carbonyl (C=O) groups is 2. The number of nitrogens with one attached hydrogen (secondary N) is 1. The fourth-order valence-electron chi connectivity index (χ4n) is 3.16. The molecular formula is C20H23N3O5S. The Bertz CT molecular complexity index is 988. The van der Waals surface area contributed by atoms with E-state index in [1.54, 1.807) is 36.4 Å². The van der Waals surface area contributed by atoms with Gasteiger partial charge in [-0.3, -0.25) is 9.59 Å². The summed E-state index contributed by atoms with van der Waals surface area (Å²) in [6, 6.07) is 12.5. The fourth-order valence-corrected chi connectivity index (χ4v) is 3.67. The smallest absolute Gasteiger partial charge is 0.251 e. The quantitative estimate of drug-likeness (QED) is 0.623. The maximum Gasteiger partial charge on any atom is 0.251 e.